The van der Waals surface area contributed by atoms with Crippen LogP contribution in [0.1, 0.15) is 7.43 Å². The first-order valence-corrected chi connectivity index (χ1v) is 1.46. The molecule has 6 heavy (non-hydrogen) atoms. The van der Waals surface area contributed by atoms with Crippen LogP contribution >= 0.6 is 0 Å². The molecule has 2 N–H and O–H groups in total. The third-order valence-corrected chi connectivity index (χ3v) is 0.263. The van der Waals surface area contributed by atoms with Gasteiger partial charge in [0.1, 0.15) is 0 Å². The molecule has 0 atom stereocenters. The van der Waals surface area contributed by atoms with Crippen molar-refractivity contribution in [2.75, 3.05) is 6.54 Å². The van der Waals surface area contributed by atoms with Gasteiger partial charge in [-0.15, -0.1) is 0 Å². The van der Waals surface area contributed by atoms with Gasteiger partial charge in [0.05, 0.1) is 6.54 Å². The Hall–Kier alpha value is -0.340. The van der Waals surface area contributed by atoms with Crippen LogP contribution in [0, 0.1) is 5.21 Å². The van der Waals surface area contributed by atoms with Crippen LogP contribution in [0.25, 0.3) is 0 Å². The predicted octanol–water partition coefficient (Wildman–Crippen LogP) is -0.130. The van der Waals surface area contributed by atoms with Gasteiger partial charge in [-0.3, -0.25) is 0 Å². The first-order chi connectivity index (χ1) is 2.41. The Morgan fingerprint density at radius 3 is 2.33 bits per heavy atom. The Morgan fingerprint density at radius 1 is 1.83 bits per heavy atom. The maximum Gasteiger partial charge on any atom is 0.0937 e. The van der Waals surface area contributed by atoms with Crippen LogP contribution < -0.4 is 5.48 Å². The fourth-order valence-corrected chi connectivity index (χ4v) is 0.0680. The molecule has 2 heteroatoms. The molecule has 0 saturated carbocycles. The van der Waals surface area contributed by atoms with E-state index in [9.17, 15) is 5.21 Å². The summed E-state index contributed by atoms with van der Waals surface area (Å²) in [6.07, 6.45) is 1.56. The van der Waals surface area contributed by atoms with Crippen LogP contribution in [0.5, 0.6) is 0 Å². The number of hydroxylamine groups is 1. The monoisotopic (exact) mass is 89.1 g/mol. The van der Waals surface area contributed by atoms with Crippen molar-refractivity contribution in [1.29, 1.82) is 0 Å². The molecule has 0 aliphatic heterocycles. The maximum atomic E-state index is 9.33. The van der Waals surface area contributed by atoms with E-state index in [1.807, 2.05) is 0 Å². The van der Waals surface area contributed by atoms with E-state index in [0.717, 1.165) is 5.48 Å². The zero-order valence-corrected chi connectivity index (χ0v) is 2.98. The fraction of sp³-hybridized carbons (Fsp3) is 0.500. The van der Waals surface area contributed by atoms with Gasteiger partial charge in [0.2, 0.25) is 0 Å². The van der Waals surface area contributed by atoms with Crippen molar-refractivity contribution in [2.24, 2.45) is 0 Å². The summed E-state index contributed by atoms with van der Waals surface area (Å²) >= 11 is 0. The lowest BCUT2D eigenvalue weighted by Gasteiger charge is -1.90. The molecule has 38 valence electrons. The number of quaternary nitrogens is 1. The van der Waals surface area contributed by atoms with Gasteiger partial charge < -0.3 is 10.7 Å². The van der Waals surface area contributed by atoms with E-state index in [0.29, 0.717) is 6.54 Å². The van der Waals surface area contributed by atoms with E-state index in [1.165, 1.54) is 0 Å². The first kappa shape index (κ1) is 9.18. The molecule has 0 aromatic carbocycles. The second-order valence-corrected chi connectivity index (χ2v) is 0.691. The molecule has 0 aliphatic rings. The average molecular weight is 89.1 g/mol. The van der Waals surface area contributed by atoms with Gasteiger partial charge in [-0.2, -0.15) is 0 Å². The van der Waals surface area contributed by atoms with E-state index in [1.54, 1.807) is 6.08 Å². The van der Waals surface area contributed by atoms with Gasteiger partial charge in [-0.25, -0.2) is 0 Å². The zero-order chi connectivity index (χ0) is 4.12. The number of rotatable bonds is 2. The molecule has 0 rings (SSSR count). The Bertz CT molecular complexity index is 28.7. The zero-order valence-electron chi connectivity index (χ0n) is 2.98. The molecule has 0 amide bonds. The van der Waals surface area contributed by atoms with Crippen LogP contribution in [-0.2, 0) is 0 Å². The molecule has 0 aromatic heterocycles. The summed E-state index contributed by atoms with van der Waals surface area (Å²) in [5.41, 5.74) is 0.812. The van der Waals surface area contributed by atoms with Crippen molar-refractivity contribution in [1.82, 2.24) is 0 Å². The second kappa shape index (κ2) is 8.82. The number of nitrogens with two attached hydrogens (primary N) is 1. The molecule has 0 saturated heterocycles. The largest absolute Gasteiger partial charge is 0.636 e. The lowest BCUT2D eigenvalue weighted by Crippen LogP contribution is -2.76. The highest BCUT2D eigenvalue weighted by Gasteiger charge is 1.55. The normalized spacial score (nSPS) is 6.17. The minimum atomic E-state index is 0. The third kappa shape index (κ3) is 9.40. The lowest BCUT2D eigenvalue weighted by molar-refractivity contribution is -0.578. The van der Waals surface area contributed by atoms with Crippen LogP contribution in [0.2, 0.25) is 0 Å². The Morgan fingerprint density at radius 2 is 2.33 bits per heavy atom. The predicted molar refractivity (Wildman–Crippen MR) is 27.1 cm³/mol. The molecule has 0 aliphatic carbocycles. The molecule has 0 radical (unpaired) electrons. The van der Waals surface area contributed by atoms with Crippen molar-refractivity contribution in [3.63, 3.8) is 0 Å². The molecule has 0 aromatic rings. The van der Waals surface area contributed by atoms with E-state index in [-0.39, 0.29) is 7.43 Å². The van der Waals surface area contributed by atoms with Crippen molar-refractivity contribution in [3.05, 3.63) is 17.9 Å². The van der Waals surface area contributed by atoms with Gasteiger partial charge in [-0.05, 0) is 6.08 Å². The second-order valence-electron chi connectivity index (χ2n) is 0.691. The highest BCUT2D eigenvalue weighted by Crippen LogP contribution is 1.39. The van der Waals surface area contributed by atoms with Crippen molar-refractivity contribution in [2.45, 2.75) is 7.43 Å². The third-order valence-electron chi connectivity index (χ3n) is 0.263. The summed E-state index contributed by atoms with van der Waals surface area (Å²) in [5.74, 6) is 0. The highest BCUT2D eigenvalue weighted by molar-refractivity contribution is 4.60. The Balaban J connectivity index is 0. The van der Waals surface area contributed by atoms with Gasteiger partial charge in [0.15, 0.2) is 0 Å². The Kier molecular flexibility index (Phi) is 13.5. The molecular weight excluding hydrogens is 78.0 g/mol. The number of hydrogen-bond acceptors (Lipinski definition) is 1. The van der Waals surface area contributed by atoms with Gasteiger partial charge >= 0.3 is 0 Å². The lowest BCUT2D eigenvalue weighted by atomic mass is 10.7. The average Bonchev–Trinajstić information content (AvgIpc) is 1.41. The SMILES string of the molecule is C.C=CC[NH2+][O-]. The van der Waals surface area contributed by atoms with Crippen molar-refractivity contribution >= 4 is 0 Å². The summed E-state index contributed by atoms with van der Waals surface area (Å²) in [7, 11) is 0. The molecule has 0 spiro atoms. The van der Waals surface area contributed by atoms with Crippen LogP contribution in [0.3, 0.4) is 0 Å². The standard InChI is InChI=1S/C3H7NO.CH4/c1-2-3-4-5;/h2H,1,3-4H2;1H4. The Labute approximate surface area is 38.4 Å². The van der Waals surface area contributed by atoms with E-state index >= 15 is 0 Å². The summed E-state index contributed by atoms with van der Waals surface area (Å²) in [5, 5.41) is 9.33. The summed E-state index contributed by atoms with van der Waals surface area (Å²) < 4.78 is 0. The van der Waals surface area contributed by atoms with Crippen LogP contribution in [0.4, 0.5) is 0 Å². The van der Waals surface area contributed by atoms with Gasteiger partial charge in [-0.1, -0.05) is 14.0 Å². The van der Waals surface area contributed by atoms with E-state index in [2.05, 4.69) is 6.58 Å². The minimum Gasteiger partial charge on any atom is -0.636 e. The maximum absolute atomic E-state index is 9.33. The van der Waals surface area contributed by atoms with E-state index < -0.39 is 0 Å². The van der Waals surface area contributed by atoms with Gasteiger partial charge in [0.25, 0.3) is 0 Å². The molecule has 0 unspecified atom stereocenters. The topological polar surface area (TPSA) is 39.7 Å². The van der Waals surface area contributed by atoms with Crippen molar-refractivity contribution in [3.8, 4) is 0 Å². The van der Waals surface area contributed by atoms with Crippen LogP contribution in [0.15, 0.2) is 12.7 Å². The summed E-state index contributed by atoms with van der Waals surface area (Å²) in [6.45, 7) is 3.79. The van der Waals surface area contributed by atoms with Gasteiger partial charge in [0, 0.05) is 0 Å². The smallest absolute Gasteiger partial charge is 0.0937 e. The van der Waals surface area contributed by atoms with Crippen molar-refractivity contribution < 1.29 is 5.48 Å². The first-order valence-electron chi connectivity index (χ1n) is 1.46. The molecule has 0 heterocycles. The van der Waals surface area contributed by atoms with E-state index in [4.69, 9.17) is 0 Å². The summed E-state index contributed by atoms with van der Waals surface area (Å²) in [4.78, 5) is 0. The molecular formula is C4H11NO. The molecule has 0 bridgehead atoms. The minimum absolute atomic E-state index is 0. The molecule has 2 nitrogen and oxygen atoms in total. The number of hydrogen-bond donors (Lipinski definition) is 1. The summed E-state index contributed by atoms with van der Waals surface area (Å²) in [6, 6.07) is 0. The van der Waals surface area contributed by atoms with Crippen LogP contribution in [-0.4, -0.2) is 6.54 Å². The highest BCUT2D eigenvalue weighted by atomic mass is 16.5. The quantitative estimate of drug-likeness (QED) is 0.371. The molecule has 0 fully saturated rings. The fourth-order valence-electron chi connectivity index (χ4n) is 0.0680.